The Kier molecular flexibility index (Phi) is 4.32. The van der Waals surface area contributed by atoms with E-state index in [9.17, 15) is 14.4 Å². The Morgan fingerprint density at radius 3 is 2.00 bits per heavy atom. The molecule has 1 aromatic rings. The van der Waals surface area contributed by atoms with E-state index >= 15 is 0 Å². The summed E-state index contributed by atoms with van der Waals surface area (Å²) in [7, 11) is 0. The Labute approximate surface area is 117 Å². The van der Waals surface area contributed by atoms with Crippen LogP contribution < -0.4 is 10.3 Å². The fraction of sp³-hybridized carbons (Fsp3) is 0.538. The van der Waals surface area contributed by atoms with Crippen LogP contribution in [0.3, 0.4) is 0 Å². The maximum absolute atomic E-state index is 11.6. The normalized spacial score (nSPS) is 11.1. The Morgan fingerprint density at radius 2 is 1.65 bits per heavy atom. The Bertz CT molecular complexity index is 540. The van der Waals surface area contributed by atoms with Crippen LogP contribution in [-0.2, 0) is 19.8 Å². The molecule has 0 radical (unpaired) electrons. The molecule has 0 unspecified atom stereocenters. The van der Waals surface area contributed by atoms with E-state index in [0.717, 1.165) is 9.80 Å². The smallest absolute Gasteiger partial charge is 0.246 e. The van der Waals surface area contributed by atoms with Gasteiger partial charge in [0.2, 0.25) is 17.7 Å². The number of imide groups is 1. The summed E-state index contributed by atoms with van der Waals surface area (Å²) in [6, 6.07) is 1.65. The highest BCUT2D eigenvalue weighted by Gasteiger charge is 2.26. The Hall–Kier alpha value is -2.18. The molecule has 0 aromatic carbocycles. The predicted octanol–water partition coefficient (Wildman–Crippen LogP) is 1.17. The number of hydrogen-bond donors (Lipinski definition) is 1. The molecule has 20 heavy (non-hydrogen) atoms. The minimum Gasteiger partial charge on any atom is -0.309 e. The SMILES string of the molecule is CC(=O)Nc1cc(C(C)(C)C)nn1N(C(C)=O)C(C)=O. The number of nitrogens with zero attached hydrogens (tertiary/aromatic N) is 3. The van der Waals surface area contributed by atoms with Gasteiger partial charge >= 0.3 is 0 Å². The van der Waals surface area contributed by atoms with Crippen molar-refractivity contribution in [1.29, 1.82) is 0 Å². The van der Waals surface area contributed by atoms with E-state index in [1.165, 1.54) is 20.8 Å². The molecular weight excluding hydrogens is 260 g/mol. The van der Waals surface area contributed by atoms with Crippen LogP contribution in [0.15, 0.2) is 6.07 Å². The average molecular weight is 280 g/mol. The lowest BCUT2D eigenvalue weighted by Crippen LogP contribution is -2.44. The monoisotopic (exact) mass is 280 g/mol. The first kappa shape index (κ1) is 15.9. The van der Waals surface area contributed by atoms with E-state index < -0.39 is 11.8 Å². The third kappa shape index (κ3) is 3.43. The second-order valence-corrected chi connectivity index (χ2v) is 5.59. The highest BCUT2D eigenvalue weighted by molar-refractivity contribution is 6.06. The van der Waals surface area contributed by atoms with E-state index in [-0.39, 0.29) is 17.1 Å². The summed E-state index contributed by atoms with van der Waals surface area (Å²) in [5, 5.41) is 7.71. The molecule has 1 heterocycles. The van der Waals surface area contributed by atoms with E-state index in [4.69, 9.17) is 0 Å². The van der Waals surface area contributed by atoms with Crippen molar-refractivity contribution in [2.75, 3.05) is 10.3 Å². The van der Waals surface area contributed by atoms with Gasteiger partial charge in [0.15, 0.2) is 5.82 Å². The van der Waals surface area contributed by atoms with Crippen LogP contribution in [0.4, 0.5) is 5.82 Å². The number of rotatable bonds is 2. The lowest BCUT2D eigenvalue weighted by atomic mass is 9.92. The molecule has 1 aromatic heterocycles. The number of aromatic nitrogens is 2. The van der Waals surface area contributed by atoms with Gasteiger partial charge in [-0.25, -0.2) is 0 Å². The second-order valence-electron chi connectivity index (χ2n) is 5.59. The van der Waals surface area contributed by atoms with Crippen molar-refractivity contribution in [2.24, 2.45) is 0 Å². The van der Waals surface area contributed by atoms with Crippen molar-refractivity contribution in [1.82, 2.24) is 9.89 Å². The zero-order valence-corrected chi connectivity index (χ0v) is 12.6. The summed E-state index contributed by atoms with van der Waals surface area (Å²) in [6.45, 7) is 9.71. The number of hydrogen-bond acceptors (Lipinski definition) is 4. The summed E-state index contributed by atoms with van der Waals surface area (Å²) in [5.74, 6) is -0.980. The van der Waals surface area contributed by atoms with E-state index in [2.05, 4.69) is 10.4 Å². The first-order valence-electron chi connectivity index (χ1n) is 6.23. The van der Waals surface area contributed by atoms with Gasteiger partial charge in [0, 0.05) is 32.3 Å². The van der Waals surface area contributed by atoms with Gasteiger partial charge in [-0.3, -0.25) is 14.4 Å². The molecule has 0 aliphatic rings. The molecule has 0 aliphatic carbocycles. The van der Waals surface area contributed by atoms with Crippen LogP contribution >= 0.6 is 0 Å². The average Bonchev–Trinajstić information content (AvgIpc) is 2.59. The summed E-state index contributed by atoms with van der Waals surface area (Å²) in [5.41, 5.74) is 0.381. The third-order valence-electron chi connectivity index (χ3n) is 2.55. The topological polar surface area (TPSA) is 84.3 Å². The lowest BCUT2D eigenvalue weighted by Gasteiger charge is -2.19. The van der Waals surface area contributed by atoms with Gasteiger partial charge in [0.25, 0.3) is 0 Å². The minimum absolute atomic E-state index is 0.280. The fourth-order valence-corrected chi connectivity index (χ4v) is 1.65. The molecule has 7 nitrogen and oxygen atoms in total. The molecule has 0 saturated heterocycles. The molecule has 0 atom stereocenters. The molecule has 3 amide bonds. The fourth-order valence-electron chi connectivity index (χ4n) is 1.65. The zero-order valence-electron chi connectivity index (χ0n) is 12.6. The molecular formula is C13H20N4O3. The van der Waals surface area contributed by atoms with Crippen LogP contribution in [-0.4, -0.2) is 27.6 Å². The van der Waals surface area contributed by atoms with Crippen molar-refractivity contribution in [3.8, 4) is 0 Å². The second kappa shape index (κ2) is 5.44. The van der Waals surface area contributed by atoms with Crippen LogP contribution in [0, 0.1) is 0 Å². The molecule has 110 valence electrons. The molecule has 0 bridgehead atoms. The maximum atomic E-state index is 11.6. The predicted molar refractivity (Wildman–Crippen MR) is 74.8 cm³/mol. The van der Waals surface area contributed by atoms with E-state index in [1.807, 2.05) is 20.8 Å². The lowest BCUT2D eigenvalue weighted by molar-refractivity contribution is -0.127. The molecule has 0 spiro atoms. The van der Waals surface area contributed by atoms with Gasteiger partial charge in [0.05, 0.1) is 5.69 Å². The van der Waals surface area contributed by atoms with Crippen molar-refractivity contribution >= 4 is 23.5 Å². The van der Waals surface area contributed by atoms with Crippen LogP contribution in [0.1, 0.15) is 47.2 Å². The highest BCUT2D eigenvalue weighted by atomic mass is 16.2. The summed E-state index contributed by atoms with van der Waals surface area (Å²) < 4.78 is 0. The Balaban J connectivity index is 3.41. The standard InChI is InChI=1S/C13H20N4O3/c1-8(18)14-12-7-11(13(4,5)6)15-17(12)16(9(2)19)10(3)20/h7H,1-6H3,(H,14,18). The highest BCUT2D eigenvalue weighted by Crippen LogP contribution is 2.24. The van der Waals surface area contributed by atoms with Crippen molar-refractivity contribution in [3.05, 3.63) is 11.8 Å². The van der Waals surface area contributed by atoms with Crippen molar-refractivity contribution in [3.63, 3.8) is 0 Å². The first-order chi connectivity index (χ1) is 9.04. The van der Waals surface area contributed by atoms with Gasteiger partial charge in [-0.05, 0) is 0 Å². The largest absolute Gasteiger partial charge is 0.309 e. The maximum Gasteiger partial charge on any atom is 0.246 e. The number of nitrogens with one attached hydrogen (secondary N) is 1. The van der Waals surface area contributed by atoms with Gasteiger partial charge in [0.1, 0.15) is 0 Å². The van der Waals surface area contributed by atoms with Gasteiger partial charge in [-0.15, -0.1) is 4.79 Å². The van der Waals surface area contributed by atoms with Crippen LogP contribution in [0.2, 0.25) is 0 Å². The van der Waals surface area contributed by atoms with Crippen LogP contribution in [0.5, 0.6) is 0 Å². The molecule has 0 fully saturated rings. The summed E-state index contributed by atoms with van der Waals surface area (Å²) in [4.78, 5) is 35.6. The minimum atomic E-state index is -0.479. The quantitative estimate of drug-likeness (QED) is 0.881. The number of carbonyl (C=O) groups is 3. The summed E-state index contributed by atoms with van der Waals surface area (Å²) >= 11 is 0. The zero-order chi connectivity index (χ0) is 15.7. The van der Waals surface area contributed by atoms with E-state index in [0.29, 0.717) is 5.69 Å². The molecule has 1 rings (SSSR count). The molecule has 1 N–H and O–H groups in total. The van der Waals surface area contributed by atoms with Crippen LogP contribution in [0.25, 0.3) is 0 Å². The molecule has 0 saturated carbocycles. The first-order valence-corrected chi connectivity index (χ1v) is 6.23. The van der Waals surface area contributed by atoms with Gasteiger partial charge in [-0.2, -0.15) is 10.1 Å². The van der Waals surface area contributed by atoms with E-state index in [1.54, 1.807) is 6.07 Å². The van der Waals surface area contributed by atoms with Gasteiger partial charge in [-0.1, -0.05) is 20.8 Å². The third-order valence-corrected chi connectivity index (χ3v) is 2.55. The molecule has 7 heteroatoms. The number of amides is 3. The Morgan fingerprint density at radius 1 is 1.15 bits per heavy atom. The van der Waals surface area contributed by atoms with Crippen molar-refractivity contribution in [2.45, 2.75) is 47.0 Å². The number of anilines is 1. The molecule has 0 aliphatic heterocycles. The van der Waals surface area contributed by atoms with Crippen molar-refractivity contribution < 1.29 is 14.4 Å². The summed E-state index contributed by atoms with van der Waals surface area (Å²) in [6.07, 6.45) is 0. The van der Waals surface area contributed by atoms with Gasteiger partial charge < -0.3 is 5.32 Å². The number of carbonyl (C=O) groups excluding carboxylic acids is 3.